The second-order valence-electron chi connectivity index (χ2n) is 5.20. The van der Waals surface area contributed by atoms with Gasteiger partial charge in [-0.25, -0.2) is 4.18 Å². The Bertz CT molecular complexity index is 540. The molecule has 0 aliphatic heterocycles. The summed E-state index contributed by atoms with van der Waals surface area (Å²) in [5, 5.41) is 2.95. The van der Waals surface area contributed by atoms with Crippen molar-refractivity contribution in [2.45, 2.75) is 31.2 Å². The van der Waals surface area contributed by atoms with Crippen LogP contribution in [0.1, 0.15) is 18.4 Å². The van der Waals surface area contributed by atoms with Crippen LogP contribution in [0.25, 0.3) is 0 Å². The lowest BCUT2D eigenvalue weighted by molar-refractivity contribution is -0.128. The largest absolute Gasteiger partial charge is 0.400 e. The number of nitrogens with one attached hydrogen (secondary N) is 1. The van der Waals surface area contributed by atoms with Crippen molar-refractivity contribution in [1.82, 2.24) is 5.32 Å². The minimum Gasteiger partial charge on any atom is -0.373 e. The summed E-state index contributed by atoms with van der Waals surface area (Å²) in [4.78, 5) is 0. The first-order chi connectivity index (χ1) is 9.99. The van der Waals surface area contributed by atoms with Crippen molar-refractivity contribution in [2.24, 2.45) is 0 Å². The third-order valence-corrected chi connectivity index (χ3v) is 4.48. The van der Waals surface area contributed by atoms with Crippen LogP contribution in [-0.4, -0.2) is 40.8 Å². The third-order valence-electron chi connectivity index (χ3n) is 3.51. The van der Waals surface area contributed by atoms with Crippen LogP contribution < -0.4 is 5.32 Å². The van der Waals surface area contributed by atoms with Gasteiger partial charge in [-0.3, -0.25) is 4.18 Å². The molecule has 6 nitrogen and oxygen atoms in total. The fourth-order valence-corrected chi connectivity index (χ4v) is 3.19. The van der Waals surface area contributed by atoms with Crippen molar-refractivity contribution in [1.29, 1.82) is 0 Å². The van der Waals surface area contributed by atoms with Crippen LogP contribution in [0.3, 0.4) is 0 Å². The topological polar surface area (TPSA) is 73.9 Å². The number of rotatable bonds is 8. The van der Waals surface area contributed by atoms with Gasteiger partial charge in [0.2, 0.25) is 0 Å². The van der Waals surface area contributed by atoms with Crippen LogP contribution >= 0.6 is 0 Å². The molecule has 1 aliphatic carbocycles. The fraction of sp³-hybridized carbons (Fsp3) is 0.571. The van der Waals surface area contributed by atoms with Crippen LogP contribution in [0.5, 0.6) is 0 Å². The lowest BCUT2D eigenvalue weighted by atomic mass is 9.77. The van der Waals surface area contributed by atoms with Gasteiger partial charge in [-0.15, -0.1) is 0 Å². The average Bonchev–Trinajstić information content (AvgIpc) is 2.43. The lowest BCUT2D eigenvalue weighted by Crippen LogP contribution is -2.56. The fourth-order valence-electron chi connectivity index (χ4n) is 2.49. The molecule has 0 bridgehead atoms. The summed E-state index contributed by atoms with van der Waals surface area (Å²) >= 11 is 0. The maximum absolute atomic E-state index is 11.5. The summed E-state index contributed by atoms with van der Waals surface area (Å²) in [5.41, 5.74) is 0.319. The van der Waals surface area contributed by atoms with E-state index >= 15 is 0 Å². The van der Waals surface area contributed by atoms with Gasteiger partial charge in [-0.2, -0.15) is 8.42 Å². The molecule has 1 aromatic carbocycles. The second kappa shape index (κ2) is 6.85. The summed E-state index contributed by atoms with van der Waals surface area (Å²) in [7, 11) is -1.11. The highest BCUT2D eigenvalue weighted by atomic mass is 32.3. The average molecular weight is 315 g/mol. The Labute approximate surface area is 125 Å². The molecule has 1 aromatic rings. The Morgan fingerprint density at radius 2 is 1.95 bits per heavy atom. The van der Waals surface area contributed by atoms with Gasteiger partial charge in [0.15, 0.2) is 0 Å². The van der Waals surface area contributed by atoms with Crippen molar-refractivity contribution < 1.29 is 21.5 Å². The van der Waals surface area contributed by atoms with Crippen molar-refractivity contribution in [3.8, 4) is 0 Å². The van der Waals surface area contributed by atoms with Crippen LogP contribution in [0.2, 0.25) is 0 Å². The van der Waals surface area contributed by atoms with Gasteiger partial charge in [-0.05, 0) is 12.6 Å². The van der Waals surface area contributed by atoms with Gasteiger partial charge < -0.3 is 10.1 Å². The highest BCUT2D eigenvalue weighted by Crippen LogP contribution is 2.39. The van der Waals surface area contributed by atoms with Gasteiger partial charge in [0, 0.05) is 19.4 Å². The molecule has 21 heavy (non-hydrogen) atoms. The molecular formula is C14H21NO5S. The van der Waals surface area contributed by atoms with Gasteiger partial charge in [0.05, 0.1) is 19.8 Å². The molecule has 1 fully saturated rings. The Morgan fingerprint density at radius 3 is 2.52 bits per heavy atom. The van der Waals surface area contributed by atoms with Crippen LogP contribution in [0.4, 0.5) is 0 Å². The van der Waals surface area contributed by atoms with Crippen LogP contribution in [-0.2, 0) is 30.1 Å². The Hall–Kier alpha value is -0.990. The van der Waals surface area contributed by atoms with E-state index in [0.29, 0.717) is 26.0 Å². The highest BCUT2D eigenvalue weighted by molar-refractivity contribution is 7.81. The summed E-state index contributed by atoms with van der Waals surface area (Å²) in [5.74, 6) is 0. The van der Waals surface area contributed by atoms with Gasteiger partial charge >= 0.3 is 10.4 Å². The number of ether oxygens (including phenoxy) is 1. The lowest BCUT2D eigenvalue weighted by Gasteiger charge is -2.45. The minimum absolute atomic E-state index is 0.00869. The Kier molecular flexibility index (Phi) is 5.34. The van der Waals surface area contributed by atoms with Crippen molar-refractivity contribution in [3.05, 3.63) is 35.9 Å². The number of likely N-dealkylation sites (N-methyl/N-ethyl adjacent to an activating group) is 1. The molecule has 0 heterocycles. The first-order valence-electron chi connectivity index (χ1n) is 6.80. The van der Waals surface area contributed by atoms with E-state index in [0.717, 1.165) is 12.7 Å². The molecule has 2 rings (SSSR count). The predicted octanol–water partition coefficient (Wildman–Crippen LogP) is 1.23. The zero-order chi connectivity index (χ0) is 15.3. The smallest absolute Gasteiger partial charge is 0.373 e. The predicted molar refractivity (Wildman–Crippen MR) is 77.9 cm³/mol. The van der Waals surface area contributed by atoms with Gasteiger partial charge in [0.25, 0.3) is 0 Å². The molecule has 1 N–H and O–H groups in total. The second-order valence-corrected chi connectivity index (χ2v) is 6.51. The maximum atomic E-state index is 11.5. The monoisotopic (exact) mass is 315 g/mol. The standard InChI is InChI=1S/C14H21NO5S/c1-15-11-14(20-21(16,17)18-2)8-13(9-14)19-10-12-6-4-3-5-7-12/h3-7,13,15H,8-11H2,1-2H3. The molecule has 0 radical (unpaired) electrons. The van der Waals surface area contributed by atoms with E-state index in [-0.39, 0.29) is 6.10 Å². The molecule has 0 spiro atoms. The van der Waals surface area contributed by atoms with E-state index < -0.39 is 16.0 Å². The number of hydrogen-bond donors (Lipinski definition) is 1. The molecule has 0 unspecified atom stereocenters. The van der Waals surface area contributed by atoms with Crippen LogP contribution in [0, 0.1) is 0 Å². The summed E-state index contributed by atoms with van der Waals surface area (Å²) < 4.78 is 38.2. The van der Waals surface area contributed by atoms with E-state index in [1.165, 1.54) is 0 Å². The van der Waals surface area contributed by atoms with E-state index in [1.54, 1.807) is 7.05 Å². The van der Waals surface area contributed by atoms with Crippen molar-refractivity contribution in [2.75, 3.05) is 20.7 Å². The molecule has 1 aliphatic rings. The first-order valence-corrected chi connectivity index (χ1v) is 8.13. The number of hydrogen-bond acceptors (Lipinski definition) is 6. The molecule has 0 aromatic heterocycles. The summed E-state index contributed by atoms with van der Waals surface area (Å²) in [6, 6.07) is 9.85. The minimum atomic E-state index is -3.95. The maximum Gasteiger partial charge on any atom is 0.400 e. The Morgan fingerprint density at radius 1 is 1.29 bits per heavy atom. The number of benzene rings is 1. The van der Waals surface area contributed by atoms with Crippen LogP contribution in [0.15, 0.2) is 30.3 Å². The molecule has 0 amide bonds. The molecule has 1 saturated carbocycles. The third kappa shape index (κ3) is 4.49. The zero-order valence-corrected chi connectivity index (χ0v) is 13.1. The van der Waals surface area contributed by atoms with Gasteiger partial charge in [0.1, 0.15) is 5.60 Å². The molecule has 0 saturated heterocycles. The first kappa shape index (κ1) is 16.4. The Balaban J connectivity index is 1.86. The van der Waals surface area contributed by atoms with Crippen molar-refractivity contribution >= 4 is 10.4 Å². The molecule has 0 atom stereocenters. The molecular weight excluding hydrogens is 294 g/mol. The van der Waals surface area contributed by atoms with E-state index in [9.17, 15) is 8.42 Å². The van der Waals surface area contributed by atoms with E-state index in [4.69, 9.17) is 8.92 Å². The van der Waals surface area contributed by atoms with Crippen molar-refractivity contribution in [3.63, 3.8) is 0 Å². The van der Waals surface area contributed by atoms with E-state index in [1.807, 2.05) is 30.3 Å². The summed E-state index contributed by atoms with van der Waals surface area (Å²) in [6.45, 7) is 0.943. The highest BCUT2D eigenvalue weighted by Gasteiger charge is 2.49. The SMILES string of the molecule is CNCC1(OS(=O)(=O)OC)CC(OCc2ccccc2)C1. The normalized spacial score (nSPS) is 25.5. The zero-order valence-electron chi connectivity index (χ0n) is 12.2. The summed E-state index contributed by atoms with van der Waals surface area (Å²) in [6.07, 6.45) is 1.03. The molecule has 118 valence electrons. The van der Waals surface area contributed by atoms with Gasteiger partial charge in [-0.1, -0.05) is 30.3 Å². The quantitative estimate of drug-likeness (QED) is 0.778. The molecule has 7 heteroatoms. The van der Waals surface area contributed by atoms with E-state index in [2.05, 4.69) is 9.50 Å².